The summed E-state index contributed by atoms with van der Waals surface area (Å²) in [5.74, 6) is 0. The van der Waals surface area contributed by atoms with Crippen LogP contribution in [-0.4, -0.2) is 24.7 Å². The number of nitro benzene ring substituents is 1. The SMILES string of the molecule is Cn1nnn(-c2ccc([N+](=O)[O-])cc2)c1=O. The molecule has 0 saturated carbocycles. The Labute approximate surface area is 88.9 Å². The summed E-state index contributed by atoms with van der Waals surface area (Å²) in [6.45, 7) is 0. The fraction of sp³-hybridized carbons (Fsp3) is 0.125. The molecule has 0 fully saturated rings. The lowest BCUT2D eigenvalue weighted by Crippen LogP contribution is -2.21. The fourth-order valence-electron chi connectivity index (χ4n) is 1.19. The van der Waals surface area contributed by atoms with Gasteiger partial charge in [-0.05, 0) is 22.6 Å². The van der Waals surface area contributed by atoms with Gasteiger partial charge in [0.05, 0.1) is 10.6 Å². The molecule has 8 nitrogen and oxygen atoms in total. The average molecular weight is 221 g/mol. The minimum absolute atomic E-state index is 0.0410. The highest BCUT2D eigenvalue weighted by molar-refractivity contribution is 5.39. The van der Waals surface area contributed by atoms with Crippen LogP contribution in [0.1, 0.15) is 0 Å². The molecule has 0 spiro atoms. The lowest BCUT2D eigenvalue weighted by atomic mass is 10.3. The van der Waals surface area contributed by atoms with Crippen molar-refractivity contribution >= 4 is 5.69 Å². The van der Waals surface area contributed by atoms with Crippen molar-refractivity contribution in [2.24, 2.45) is 7.05 Å². The first kappa shape index (κ1) is 10.0. The van der Waals surface area contributed by atoms with Crippen LogP contribution < -0.4 is 5.69 Å². The summed E-state index contributed by atoms with van der Waals surface area (Å²) in [5.41, 5.74) is -0.0155. The Bertz CT molecular complexity index is 582. The van der Waals surface area contributed by atoms with E-state index in [-0.39, 0.29) is 5.69 Å². The van der Waals surface area contributed by atoms with Crippen LogP contribution >= 0.6 is 0 Å². The number of rotatable bonds is 2. The molecule has 2 rings (SSSR count). The molecule has 0 N–H and O–H groups in total. The smallest absolute Gasteiger partial charge is 0.258 e. The molecule has 1 aromatic heterocycles. The molecule has 0 aliphatic rings. The Hall–Kier alpha value is -2.51. The predicted octanol–water partition coefficient (Wildman–Crippen LogP) is -0.126. The van der Waals surface area contributed by atoms with E-state index >= 15 is 0 Å². The summed E-state index contributed by atoms with van der Waals surface area (Å²) < 4.78 is 2.13. The Balaban J connectivity index is 2.46. The third kappa shape index (κ3) is 1.56. The number of tetrazole rings is 1. The minimum Gasteiger partial charge on any atom is -0.258 e. The summed E-state index contributed by atoms with van der Waals surface area (Å²) in [4.78, 5) is 21.4. The molecule has 8 heteroatoms. The number of hydrogen-bond acceptors (Lipinski definition) is 5. The number of hydrogen-bond donors (Lipinski definition) is 0. The molecule has 0 atom stereocenters. The molecule has 82 valence electrons. The molecule has 0 radical (unpaired) electrons. The first-order valence-corrected chi connectivity index (χ1v) is 4.33. The molecule has 0 unspecified atom stereocenters. The van der Waals surface area contributed by atoms with Gasteiger partial charge in [0.2, 0.25) is 0 Å². The number of nitro groups is 1. The van der Waals surface area contributed by atoms with Crippen molar-refractivity contribution in [2.75, 3.05) is 0 Å². The van der Waals surface area contributed by atoms with Gasteiger partial charge in [-0.3, -0.25) is 10.1 Å². The van der Waals surface area contributed by atoms with Crippen molar-refractivity contribution in [2.45, 2.75) is 0 Å². The molecule has 16 heavy (non-hydrogen) atoms. The van der Waals surface area contributed by atoms with Gasteiger partial charge in [-0.2, -0.15) is 9.36 Å². The summed E-state index contributed by atoms with van der Waals surface area (Å²) in [7, 11) is 1.47. The van der Waals surface area contributed by atoms with Crippen molar-refractivity contribution in [1.29, 1.82) is 0 Å². The van der Waals surface area contributed by atoms with Gasteiger partial charge in [0, 0.05) is 19.2 Å². The van der Waals surface area contributed by atoms with Crippen LogP contribution in [0.25, 0.3) is 5.69 Å². The van der Waals surface area contributed by atoms with E-state index in [1.54, 1.807) is 0 Å². The van der Waals surface area contributed by atoms with E-state index in [2.05, 4.69) is 10.4 Å². The minimum atomic E-state index is -0.511. The van der Waals surface area contributed by atoms with Gasteiger partial charge in [-0.1, -0.05) is 0 Å². The molecule has 2 aromatic rings. The maximum absolute atomic E-state index is 11.5. The van der Waals surface area contributed by atoms with Crippen LogP contribution in [0.2, 0.25) is 0 Å². The molecule has 1 heterocycles. The lowest BCUT2D eigenvalue weighted by Gasteiger charge is -1.96. The van der Waals surface area contributed by atoms with Crippen LogP contribution in [0.15, 0.2) is 29.1 Å². The van der Waals surface area contributed by atoms with Crippen LogP contribution in [-0.2, 0) is 7.05 Å². The first-order valence-electron chi connectivity index (χ1n) is 4.33. The monoisotopic (exact) mass is 221 g/mol. The van der Waals surface area contributed by atoms with Crippen LogP contribution in [0, 0.1) is 10.1 Å². The van der Waals surface area contributed by atoms with Crippen molar-refractivity contribution in [1.82, 2.24) is 19.8 Å². The van der Waals surface area contributed by atoms with E-state index in [9.17, 15) is 14.9 Å². The molecular weight excluding hydrogens is 214 g/mol. The second-order valence-corrected chi connectivity index (χ2v) is 3.07. The predicted molar refractivity (Wildman–Crippen MR) is 53.3 cm³/mol. The largest absolute Gasteiger partial charge is 0.368 e. The highest BCUT2D eigenvalue weighted by atomic mass is 16.6. The highest BCUT2D eigenvalue weighted by Crippen LogP contribution is 2.12. The number of aromatic nitrogens is 4. The molecule has 1 aromatic carbocycles. The van der Waals surface area contributed by atoms with E-state index in [0.717, 1.165) is 9.36 Å². The van der Waals surface area contributed by atoms with Crippen molar-refractivity contribution in [3.8, 4) is 5.69 Å². The van der Waals surface area contributed by atoms with Gasteiger partial charge < -0.3 is 0 Å². The van der Waals surface area contributed by atoms with Crippen LogP contribution in [0.4, 0.5) is 5.69 Å². The maximum atomic E-state index is 11.5. The summed E-state index contributed by atoms with van der Waals surface area (Å²) in [6, 6.07) is 5.48. The number of benzene rings is 1. The second kappa shape index (κ2) is 3.57. The third-order valence-corrected chi connectivity index (χ3v) is 2.03. The van der Waals surface area contributed by atoms with Crippen molar-refractivity contribution in [3.63, 3.8) is 0 Å². The Morgan fingerprint density at radius 3 is 2.31 bits per heavy atom. The normalized spacial score (nSPS) is 10.3. The fourth-order valence-corrected chi connectivity index (χ4v) is 1.19. The molecule has 0 bridgehead atoms. The van der Waals surface area contributed by atoms with Gasteiger partial charge in [0.15, 0.2) is 0 Å². The van der Waals surface area contributed by atoms with E-state index < -0.39 is 10.6 Å². The molecule has 0 aliphatic heterocycles. The highest BCUT2D eigenvalue weighted by Gasteiger charge is 2.08. The average Bonchev–Trinajstić information content (AvgIpc) is 2.60. The summed E-state index contributed by atoms with van der Waals surface area (Å²) in [5, 5.41) is 17.6. The van der Waals surface area contributed by atoms with E-state index in [0.29, 0.717) is 5.69 Å². The van der Waals surface area contributed by atoms with Crippen LogP contribution in [0.3, 0.4) is 0 Å². The summed E-state index contributed by atoms with van der Waals surface area (Å²) in [6.07, 6.45) is 0. The number of aryl methyl sites for hydroxylation is 1. The van der Waals surface area contributed by atoms with Gasteiger partial charge in [0.1, 0.15) is 0 Å². The van der Waals surface area contributed by atoms with Crippen molar-refractivity contribution < 1.29 is 4.92 Å². The molecule has 0 saturated heterocycles. The van der Waals surface area contributed by atoms with E-state index in [4.69, 9.17) is 0 Å². The third-order valence-electron chi connectivity index (χ3n) is 2.03. The quantitative estimate of drug-likeness (QED) is 0.520. The summed E-state index contributed by atoms with van der Waals surface area (Å²) >= 11 is 0. The topological polar surface area (TPSA) is 95.8 Å². The second-order valence-electron chi connectivity index (χ2n) is 3.07. The van der Waals surface area contributed by atoms with Gasteiger partial charge >= 0.3 is 5.69 Å². The van der Waals surface area contributed by atoms with E-state index in [1.807, 2.05) is 0 Å². The Kier molecular flexibility index (Phi) is 2.24. The maximum Gasteiger partial charge on any atom is 0.368 e. The zero-order valence-electron chi connectivity index (χ0n) is 8.27. The zero-order valence-corrected chi connectivity index (χ0v) is 8.27. The lowest BCUT2D eigenvalue weighted by molar-refractivity contribution is -0.384. The van der Waals surface area contributed by atoms with Gasteiger partial charge in [-0.15, -0.1) is 0 Å². The first-order chi connectivity index (χ1) is 7.59. The zero-order chi connectivity index (χ0) is 11.7. The van der Waals surface area contributed by atoms with Crippen LogP contribution in [0.5, 0.6) is 0 Å². The van der Waals surface area contributed by atoms with Gasteiger partial charge in [0.25, 0.3) is 5.69 Å². The molecule has 0 aliphatic carbocycles. The molecular formula is C8H7N5O3. The molecule has 0 amide bonds. The van der Waals surface area contributed by atoms with Crippen molar-refractivity contribution in [3.05, 3.63) is 44.9 Å². The Morgan fingerprint density at radius 2 is 1.88 bits per heavy atom. The standard InChI is InChI=1S/C8H7N5O3/c1-11-8(14)12(10-9-11)6-2-4-7(5-3-6)13(15)16/h2-5H,1H3. The van der Waals surface area contributed by atoms with E-state index in [1.165, 1.54) is 31.3 Å². The van der Waals surface area contributed by atoms with Gasteiger partial charge in [-0.25, -0.2) is 4.79 Å². The Morgan fingerprint density at radius 1 is 1.25 bits per heavy atom. The number of nitrogens with zero attached hydrogens (tertiary/aromatic N) is 5. The number of non-ortho nitro benzene ring substituents is 1.